The Morgan fingerprint density at radius 3 is 2.56 bits per heavy atom. The molecule has 0 saturated carbocycles. The lowest BCUT2D eigenvalue weighted by Gasteiger charge is -2.20. The molecule has 4 rings (SSSR count). The molecule has 2 aromatic carbocycles. The van der Waals surface area contributed by atoms with Crippen LogP contribution in [-0.2, 0) is 4.74 Å². The number of carbonyl (C=O) groups excluding carboxylic acids is 1. The smallest absolute Gasteiger partial charge is 0.340 e. The van der Waals surface area contributed by atoms with Gasteiger partial charge in [0, 0.05) is 43.5 Å². The molecular weight excluding hydrogens is 408 g/mol. The van der Waals surface area contributed by atoms with Gasteiger partial charge in [0.05, 0.1) is 39.7 Å². The number of hydrogen-bond acceptors (Lipinski definition) is 6. The first-order chi connectivity index (χ1) is 15.4. The molecule has 0 fully saturated rings. The zero-order valence-electron chi connectivity index (χ0n) is 18.0. The summed E-state index contributed by atoms with van der Waals surface area (Å²) in [5.74, 6) is -0.462. The van der Waals surface area contributed by atoms with Gasteiger partial charge in [-0.3, -0.25) is 10.1 Å². The highest BCUT2D eigenvalue weighted by Crippen LogP contribution is 2.37. The molecule has 0 N–H and O–H groups in total. The second kappa shape index (κ2) is 8.50. The van der Waals surface area contributed by atoms with E-state index >= 15 is 0 Å². The molecule has 0 unspecified atom stereocenters. The fourth-order valence-electron chi connectivity index (χ4n) is 3.63. The van der Waals surface area contributed by atoms with Crippen molar-refractivity contribution in [1.82, 2.24) is 14.5 Å². The summed E-state index contributed by atoms with van der Waals surface area (Å²) >= 11 is 0. The lowest BCUT2D eigenvalue weighted by atomic mass is 10.1. The van der Waals surface area contributed by atoms with Gasteiger partial charge in [-0.1, -0.05) is 18.2 Å². The Morgan fingerprint density at radius 2 is 1.91 bits per heavy atom. The second-order valence-electron chi connectivity index (χ2n) is 7.41. The topological polar surface area (TPSA) is 90.5 Å². The van der Waals surface area contributed by atoms with E-state index < -0.39 is 10.9 Å². The van der Waals surface area contributed by atoms with E-state index in [-0.39, 0.29) is 12.3 Å². The van der Waals surface area contributed by atoms with Gasteiger partial charge in [-0.25, -0.2) is 9.78 Å². The van der Waals surface area contributed by atoms with Crippen LogP contribution in [0.2, 0.25) is 0 Å². The summed E-state index contributed by atoms with van der Waals surface area (Å²) in [4.78, 5) is 30.2. The van der Waals surface area contributed by atoms with Crippen LogP contribution in [0.3, 0.4) is 0 Å². The standard InChI is InChI=1S/C24H22N4O4/c1-4-32-24(29)19-15-21-23(18-7-5-6-8-20(18)25-21)27(22(19)13-14-26(2)3)16-9-11-17(12-10-16)28(30)31/h5-15H,4H2,1-3H3. The van der Waals surface area contributed by atoms with Gasteiger partial charge in [-0.2, -0.15) is 0 Å². The molecule has 2 heterocycles. The van der Waals surface area contributed by atoms with Gasteiger partial charge >= 0.3 is 5.97 Å². The minimum Gasteiger partial charge on any atom is -0.462 e. The SMILES string of the molecule is CCOC(=O)c1cc2nc3ccccc3c-2n(-c2ccc([N+](=O)[O-])cc2)c1C=CN(C)C. The van der Waals surface area contributed by atoms with Gasteiger partial charge in [0.1, 0.15) is 0 Å². The third kappa shape index (κ3) is 3.78. The molecule has 8 nitrogen and oxygen atoms in total. The van der Waals surface area contributed by atoms with Crippen molar-refractivity contribution in [2.24, 2.45) is 0 Å². The molecule has 0 atom stereocenters. The van der Waals surface area contributed by atoms with E-state index in [4.69, 9.17) is 9.72 Å². The van der Waals surface area contributed by atoms with E-state index in [0.29, 0.717) is 22.6 Å². The number of esters is 1. The predicted octanol–water partition coefficient (Wildman–Crippen LogP) is 4.75. The van der Waals surface area contributed by atoms with E-state index in [2.05, 4.69) is 0 Å². The number of nitro groups is 1. The number of nitrogens with zero attached hydrogens (tertiary/aromatic N) is 4. The van der Waals surface area contributed by atoms with Gasteiger partial charge in [0.25, 0.3) is 5.69 Å². The Bertz CT molecular complexity index is 1310. The molecule has 0 amide bonds. The van der Waals surface area contributed by atoms with Crippen LogP contribution in [0.15, 0.2) is 60.8 Å². The first-order valence-electron chi connectivity index (χ1n) is 10.1. The molecular formula is C24H22N4O4. The fraction of sp³-hybridized carbons (Fsp3) is 0.167. The van der Waals surface area contributed by atoms with Crippen molar-refractivity contribution in [2.75, 3.05) is 20.7 Å². The van der Waals surface area contributed by atoms with Crippen LogP contribution in [0.4, 0.5) is 5.69 Å². The van der Waals surface area contributed by atoms with Crippen LogP contribution in [0.25, 0.3) is 34.1 Å². The summed E-state index contributed by atoms with van der Waals surface area (Å²) in [5, 5.41) is 12.1. The maximum absolute atomic E-state index is 12.9. The Morgan fingerprint density at radius 1 is 1.19 bits per heavy atom. The number of para-hydroxylation sites is 1. The predicted molar refractivity (Wildman–Crippen MR) is 123 cm³/mol. The van der Waals surface area contributed by atoms with E-state index in [1.54, 1.807) is 25.1 Å². The molecule has 0 saturated heterocycles. The van der Waals surface area contributed by atoms with Crippen LogP contribution in [0.1, 0.15) is 23.0 Å². The van der Waals surface area contributed by atoms with Crippen molar-refractivity contribution >= 4 is 28.6 Å². The molecule has 0 bridgehead atoms. The van der Waals surface area contributed by atoms with Gasteiger partial charge in [-0.05, 0) is 37.3 Å². The quantitative estimate of drug-likeness (QED) is 0.249. The third-order valence-corrected chi connectivity index (χ3v) is 5.01. The Balaban J connectivity index is 2.12. The number of carbonyl (C=O) groups is 1. The number of pyridine rings is 1. The van der Waals surface area contributed by atoms with Crippen LogP contribution >= 0.6 is 0 Å². The Labute approximate surface area is 184 Å². The minimum atomic E-state index is -0.462. The Kier molecular flexibility index (Phi) is 5.59. The average molecular weight is 430 g/mol. The summed E-state index contributed by atoms with van der Waals surface area (Å²) < 4.78 is 7.23. The van der Waals surface area contributed by atoms with Crippen molar-refractivity contribution in [3.63, 3.8) is 0 Å². The van der Waals surface area contributed by atoms with Gasteiger partial charge in [0.15, 0.2) is 0 Å². The largest absolute Gasteiger partial charge is 0.462 e. The number of hydrogen-bond donors (Lipinski definition) is 0. The molecule has 32 heavy (non-hydrogen) atoms. The molecule has 2 aliphatic rings. The summed E-state index contributed by atoms with van der Waals surface area (Å²) in [7, 11) is 3.77. The van der Waals surface area contributed by atoms with Crippen LogP contribution in [0.5, 0.6) is 0 Å². The molecule has 8 heteroatoms. The fourth-order valence-corrected chi connectivity index (χ4v) is 3.63. The van der Waals surface area contributed by atoms with Crippen molar-refractivity contribution in [3.05, 3.63) is 82.2 Å². The number of benzene rings is 2. The number of rotatable bonds is 6. The van der Waals surface area contributed by atoms with Gasteiger partial charge < -0.3 is 14.2 Å². The number of nitro benzene ring substituents is 1. The molecule has 2 aromatic rings. The molecule has 2 aliphatic heterocycles. The van der Waals surface area contributed by atoms with Crippen molar-refractivity contribution in [1.29, 1.82) is 0 Å². The normalized spacial score (nSPS) is 11.3. The van der Waals surface area contributed by atoms with Crippen molar-refractivity contribution < 1.29 is 14.5 Å². The van der Waals surface area contributed by atoms with E-state index in [9.17, 15) is 14.9 Å². The summed E-state index contributed by atoms with van der Waals surface area (Å²) in [6, 6.07) is 15.7. The number of ether oxygens (including phenoxy) is 1. The minimum absolute atomic E-state index is 0.0111. The number of non-ortho nitro benzene ring substituents is 1. The summed E-state index contributed by atoms with van der Waals surface area (Å²) in [5.41, 5.74) is 3.85. The maximum atomic E-state index is 12.9. The highest BCUT2D eigenvalue weighted by Gasteiger charge is 2.25. The Hall–Kier alpha value is -4.20. The molecule has 162 valence electrons. The first-order valence-corrected chi connectivity index (χ1v) is 10.1. The number of aromatic nitrogens is 2. The summed E-state index contributed by atoms with van der Waals surface area (Å²) in [6.07, 6.45) is 3.67. The molecule has 0 aliphatic carbocycles. The van der Waals surface area contributed by atoms with E-state index in [1.165, 1.54) is 12.1 Å². The maximum Gasteiger partial charge on any atom is 0.340 e. The lowest BCUT2D eigenvalue weighted by Crippen LogP contribution is -2.15. The van der Waals surface area contributed by atoms with Gasteiger partial charge in [-0.15, -0.1) is 0 Å². The first kappa shape index (κ1) is 21.0. The highest BCUT2D eigenvalue weighted by atomic mass is 16.6. The number of fused-ring (bicyclic) bond motifs is 3. The second-order valence-corrected chi connectivity index (χ2v) is 7.41. The highest BCUT2D eigenvalue weighted by molar-refractivity contribution is 6.01. The lowest BCUT2D eigenvalue weighted by molar-refractivity contribution is -0.384. The molecule has 0 radical (unpaired) electrons. The average Bonchev–Trinajstić information content (AvgIpc) is 3.15. The monoisotopic (exact) mass is 430 g/mol. The van der Waals surface area contributed by atoms with Crippen LogP contribution < -0.4 is 0 Å². The molecule has 0 spiro atoms. The van der Waals surface area contributed by atoms with Crippen molar-refractivity contribution in [2.45, 2.75) is 6.92 Å². The third-order valence-electron chi connectivity index (χ3n) is 5.01. The zero-order chi connectivity index (χ0) is 22.8. The van der Waals surface area contributed by atoms with E-state index in [0.717, 1.165) is 16.6 Å². The van der Waals surface area contributed by atoms with Crippen LogP contribution in [0, 0.1) is 10.1 Å². The van der Waals surface area contributed by atoms with Gasteiger partial charge in [0.2, 0.25) is 0 Å². The van der Waals surface area contributed by atoms with Crippen molar-refractivity contribution in [3.8, 4) is 17.1 Å². The molecule has 0 aromatic heterocycles. The summed E-state index contributed by atoms with van der Waals surface area (Å²) in [6.45, 7) is 1.99. The van der Waals surface area contributed by atoms with E-state index in [1.807, 2.05) is 60.1 Å². The zero-order valence-corrected chi connectivity index (χ0v) is 18.0. The van der Waals surface area contributed by atoms with Crippen LogP contribution in [-0.4, -0.2) is 46.0 Å².